The molecule has 2 aromatic rings. The lowest BCUT2D eigenvalue weighted by Gasteiger charge is -2.17. The predicted molar refractivity (Wildman–Crippen MR) is 89.3 cm³/mol. The van der Waals surface area contributed by atoms with E-state index in [1.807, 2.05) is 30.3 Å². The Morgan fingerprint density at radius 1 is 1.24 bits per heavy atom. The number of ether oxygens (including phenoxy) is 1. The number of nitrogens with zero attached hydrogens (tertiary/aromatic N) is 1. The Hall–Kier alpha value is -2.49. The maximum absolute atomic E-state index is 11.6. The van der Waals surface area contributed by atoms with Crippen LogP contribution in [-0.4, -0.2) is 45.0 Å². The number of rotatable bonds is 8. The first-order chi connectivity index (χ1) is 12.0. The van der Waals surface area contributed by atoms with Gasteiger partial charge >= 0.3 is 12.1 Å². The Balaban J connectivity index is 1.74. The van der Waals surface area contributed by atoms with E-state index in [9.17, 15) is 19.8 Å². The first kappa shape index (κ1) is 18.8. The van der Waals surface area contributed by atoms with E-state index in [1.54, 1.807) is 0 Å². The summed E-state index contributed by atoms with van der Waals surface area (Å²) >= 11 is 0.946. The van der Waals surface area contributed by atoms with E-state index in [2.05, 4.69) is 10.3 Å². The van der Waals surface area contributed by atoms with Gasteiger partial charge in [-0.25, -0.2) is 14.6 Å². The van der Waals surface area contributed by atoms with Crippen molar-refractivity contribution < 1.29 is 29.6 Å². The molecule has 0 saturated heterocycles. The fraction of sp³-hybridized carbons (Fsp3) is 0.312. The molecule has 1 heterocycles. The topological polar surface area (TPSA) is 129 Å². The second-order valence-electron chi connectivity index (χ2n) is 5.16. The highest BCUT2D eigenvalue weighted by atomic mass is 32.1. The summed E-state index contributed by atoms with van der Waals surface area (Å²) in [5, 5.41) is 31.4. The highest BCUT2D eigenvalue weighted by Gasteiger charge is 2.26. The van der Waals surface area contributed by atoms with Gasteiger partial charge < -0.3 is 25.4 Å². The van der Waals surface area contributed by atoms with Gasteiger partial charge in [0.05, 0.1) is 16.5 Å². The van der Waals surface area contributed by atoms with Gasteiger partial charge in [0.25, 0.3) is 0 Å². The fourth-order valence-electron chi connectivity index (χ4n) is 2.05. The molecule has 8 nitrogen and oxygen atoms in total. The van der Waals surface area contributed by atoms with Crippen molar-refractivity contribution in [2.45, 2.75) is 25.2 Å². The number of aromatic carboxylic acids is 1. The summed E-state index contributed by atoms with van der Waals surface area (Å²) in [6, 6.07) is 9.17. The lowest BCUT2D eigenvalue weighted by atomic mass is 10.1. The smallest absolute Gasteiger partial charge is 0.407 e. The molecule has 1 amide bonds. The van der Waals surface area contributed by atoms with Crippen molar-refractivity contribution in [3.8, 4) is 0 Å². The van der Waals surface area contributed by atoms with Crippen LogP contribution in [0, 0.1) is 0 Å². The quantitative estimate of drug-likeness (QED) is 0.558. The molecule has 0 aliphatic rings. The van der Waals surface area contributed by atoms with Crippen LogP contribution in [0.5, 0.6) is 0 Å². The summed E-state index contributed by atoms with van der Waals surface area (Å²) in [5.74, 6) is -1.27. The van der Waals surface area contributed by atoms with Gasteiger partial charge in [-0.05, 0) is 12.0 Å². The molecule has 0 radical (unpaired) electrons. The minimum atomic E-state index is -1.39. The van der Waals surface area contributed by atoms with Gasteiger partial charge in [0, 0.05) is 6.54 Å². The number of hydrogen-bond acceptors (Lipinski definition) is 7. The number of alkyl carbamates (subject to hydrolysis) is 1. The SMILES string of the molecule is O=C(NCCC(O)C(O)c1scnc1C(=O)O)OCc1ccccc1. The van der Waals surface area contributed by atoms with E-state index in [0.717, 1.165) is 16.9 Å². The average Bonchev–Trinajstić information content (AvgIpc) is 3.10. The standard InChI is InChI=1S/C16H18N2O6S/c19-11(13(20)14-12(15(21)22)18-9-25-14)6-7-17-16(23)24-8-10-4-2-1-3-5-10/h1-5,9,11,13,19-20H,6-8H2,(H,17,23)(H,21,22). The van der Waals surface area contributed by atoms with Crippen LogP contribution in [-0.2, 0) is 11.3 Å². The van der Waals surface area contributed by atoms with Crippen molar-refractivity contribution in [2.24, 2.45) is 0 Å². The number of aliphatic hydroxyl groups excluding tert-OH is 2. The highest BCUT2D eigenvalue weighted by Crippen LogP contribution is 2.26. The van der Waals surface area contributed by atoms with Crippen LogP contribution in [0.25, 0.3) is 0 Å². The average molecular weight is 366 g/mol. The zero-order chi connectivity index (χ0) is 18.2. The molecule has 2 rings (SSSR count). The van der Waals surface area contributed by atoms with E-state index >= 15 is 0 Å². The normalized spacial score (nSPS) is 13.0. The van der Waals surface area contributed by atoms with Crippen LogP contribution in [0.3, 0.4) is 0 Å². The minimum absolute atomic E-state index is 0.0264. The fourth-order valence-corrected chi connectivity index (χ4v) is 2.87. The molecule has 0 saturated carbocycles. The van der Waals surface area contributed by atoms with Crippen LogP contribution in [0.15, 0.2) is 35.8 Å². The third kappa shape index (κ3) is 5.52. The van der Waals surface area contributed by atoms with Crippen molar-refractivity contribution in [3.05, 3.63) is 52.0 Å². The third-order valence-corrected chi connectivity index (χ3v) is 4.25. The Bertz CT molecular complexity index is 706. The number of thiazole rings is 1. The molecule has 25 heavy (non-hydrogen) atoms. The molecule has 0 aliphatic carbocycles. The molecule has 1 aromatic carbocycles. The largest absolute Gasteiger partial charge is 0.476 e. The van der Waals surface area contributed by atoms with Crippen molar-refractivity contribution in [3.63, 3.8) is 0 Å². The molecule has 0 fully saturated rings. The molecule has 2 unspecified atom stereocenters. The summed E-state index contributed by atoms with van der Waals surface area (Å²) < 4.78 is 5.01. The molecular formula is C16H18N2O6S. The maximum Gasteiger partial charge on any atom is 0.407 e. The molecular weight excluding hydrogens is 348 g/mol. The van der Waals surface area contributed by atoms with Gasteiger partial charge in [0.15, 0.2) is 5.69 Å². The number of carbonyl (C=O) groups excluding carboxylic acids is 1. The molecule has 0 bridgehead atoms. The van der Waals surface area contributed by atoms with Crippen molar-refractivity contribution in [1.82, 2.24) is 10.3 Å². The van der Waals surface area contributed by atoms with Gasteiger partial charge in [-0.3, -0.25) is 0 Å². The Labute approximate surface area is 147 Å². The summed E-state index contributed by atoms with van der Waals surface area (Å²) in [6.45, 7) is 0.188. The first-order valence-electron chi connectivity index (χ1n) is 7.46. The van der Waals surface area contributed by atoms with Gasteiger partial charge in [0.1, 0.15) is 12.7 Å². The second kappa shape index (κ2) is 9.11. The van der Waals surface area contributed by atoms with Crippen molar-refractivity contribution in [2.75, 3.05) is 6.54 Å². The number of benzene rings is 1. The maximum atomic E-state index is 11.6. The number of aromatic nitrogens is 1. The summed E-state index contributed by atoms with van der Waals surface area (Å²) in [6.07, 6.45) is -3.25. The van der Waals surface area contributed by atoms with Gasteiger partial charge in [-0.1, -0.05) is 30.3 Å². The van der Waals surface area contributed by atoms with E-state index in [0.29, 0.717) is 0 Å². The van der Waals surface area contributed by atoms with Gasteiger partial charge in [-0.2, -0.15) is 0 Å². The number of nitrogens with one attached hydrogen (secondary N) is 1. The minimum Gasteiger partial charge on any atom is -0.476 e. The highest BCUT2D eigenvalue weighted by molar-refractivity contribution is 7.10. The number of amides is 1. The zero-order valence-corrected chi connectivity index (χ0v) is 14.0. The van der Waals surface area contributed by atoms with E-state index in [1.165, 1.54) is 5.51 Å². The lowest BCUT2D eigenvalue weighted by molar-refractivity contribution is 0.0147. The number of aliphatic hydroxyl groups is 2. The Kier molecular flexibility index (Phi) is 6.87. The zero-order valence-electron chi connectivity index (χ0n) is 13.2. The molecule has 1 aromatic heterocycles. The summed E-state index contributed by atoms with van der Waals surface area (Å²) in [7, 11) is 0. The summed E-state index contributed by atoms with van der Waals surface area (Å²) in [4.78, 5) is 26.3. The third-order valence-electron chi connectivity index (χ3n) is 3.35. The van der Waals surface area contributed by atoms with Crippen LogP contribution in [0.2, 0.25) is 0 Å². The summed E-state index contributed by atoms with van der Waals surface area (Å²) in [5.41, 5.74) is 1.85. The van der Waals surface area contributed by atoms with Crippen LogP contribution in [0.4, 0.5) is 4.79 Å². The van der Waals surface area contributed by atoms with Crippen LogP contribution < -0.4 is 5.32 Å². The molecule has 2 atom stereocenters. The number of carboxylic acid groups (broad SMARTS) is 1. The van der Waals surface area contributed by atoms with Crippen LogP contribution in [0.1, 0.15) is 33.5 Å². The lowest BCUT2D eigenvalue weighted by Crippen LogP contribution is -2.30. The first-order valence-corrected chi connectivity index (χ1v) is 8.34. The number of hydrogen-bond donors (Lipinski definition) is 4. The molecule has 9 heteroatoms. The number of carboxylic acids is 1. The van der Waals surface area contributed by atoms with Crippen molar-refractivity contribution in [1.29, 1.82) is 0 Å². The van der Waals surface area contributed by atoms with Gasteiger partial charge in [-0.15, -0.1) is 11.3 Å². The predicted octanol–water partition coefficient (Wildman–Crippen LogP) is 1.55. The monoisotopic (exact) mass is 366 g/mol. The number of carbonyl (C=O) groups is 2. The van der Waals surface area contributed by atoms with Crippen molar-refractivity contribution >= 4 is 23.4 Å². The van der Waals surface area contributed by atoms with Crippen LogP contribution >= 0.6 is 11.3 Å². The molecule has 0 aliphatic heterocycles. The van der Waals surface area contributed by atoms with E-state index in [4.69, 9.17) is 9.84 Å². The molecule has 0 spiro atoms. The Morgan fingerprint density at radius 3 is 2.64 bits per heavy atom. The van der Waals surface area contributed by atoms with E-state index in [-0.39, 0.29) is 30.1 Å². The molecule has 4 N–H and O–H groups in total. The molecule has 134 valence electrons. The van der Waals surface area contributed by atoms with E-state index < -0.39 is 24.3 Å². The van der Waals surface area contributed by atoms with Gasteiger partial charge in [0.2, 0.25) is 0 Å². The second-order valence-corrected chi connectivity index (χ2v) is 6.05. The Morgan fingerprint density at radius 2 is 1.96 bits per heavy atom.